The van der Waals surface area contributed by atoms with Crippen LogP contribution in [-0.4, -0.2) is 34.1 Å². The first-order valence-corrected chi connectivity index (χ1v) is 9.86. The van der Waals surface area contributed by atoms with E-state index in [0.717, 1.165) is 13.2 Å². The molecule has 1 rings (SSSR count). The van der Waals surface area contributed by atoms with E-state index in [0.29, 0.717) is 20.9 Å². The Hall–Kier alpha value is 0.750. The van der Waals surface area contributed by atoms with Gasteiger partial charge in [0, 0.05) is 13.2 Å². The fourth-order valence-electron chi connectivity index (χ4n) is 1.28. The van der Waals surface area contributed by atoms with Crippen molar-refractivity contribution in [3.8, 4) is 0 Å². The summed E-state index contributed by atoms with van der Waals surface area (Å²) in [6.07, 6.45) is 9.71. The molecule has 1 aliphatic rings. The maximum absolute atomic E-state index is 5.07. The van der Waals surface area contributed by atoms with E-state index in [1.165, 1.54) is 44.9 Å². The topological polar surface area (TPSA) is 9.23 Å². The average molecular weight is 328 g/mol. The van der Waals surface area contributed by atoms with Crippen LogP contribution in [0, 0.1) is 0 Å². The molecule has 1 heterocycles. The summed E-state index contributed by atoms with van der Waals surface area (Å²) < 4.78 is 8.24. The van der Waals surface area contributed by atoms with Crippen LogP contribution in [0.1, 0.15) is 58.8 Å². The molecule has 0 spiro atoms. The van der Waals surface area contributed by atoms with Crippen molar-refractivity contribution in [1.29, 1.82) is 0 Å². The number of ether oxygens (including phenoxy) is 1. The first-order chi connectivity index (χ1) is 7.41. The molecule has 0 amide bonds. The summed E-state index contributed by atoms with van der Waals surface area (Å²) in [6.45, 7) is 6.57. The van der Waals surface area contributed by atoms with E-state index in [2.05, 4.69) is 13.8 Å². The van der Waals surface area contributed by atoms with Crippen LogP contribution in [0.15, 0.2) is 0 Å². The van der Waals surface area contributed by atoms with Crippen LogP contribution >= 0.6 is 0 Å². The van der Waals surface area contributed by atoms with Crippen LogP contribution in [0.5, 0.6) is 0 Å². The Morgan fingerprint density at radius 2 is 1.40 bits per heavy atom. The molecular formula is C13H28OTe. The summed E-state index contributed by atoms with van der Waals surface area (Å²) in [7, 11) is 0. The van der Waals surface area contributed by atoms with Gasteiger partial charge in [0.1, 0.15) is 0 Å². The van der Waals surface area contributed by atoms with Gasteiger partial charge in [-0.3, -0.25) is 0 Å². The molecule has 92 valence electrons. The SMILES string of the molecule is C1CCOCC1.CCCC[Te]CCCC. The van der Waals surface area contributed by atoms with E-state index in [1.807, 2.05) is 0 Å². The number of hydrogen-bond acceptors (Lipinski definition) is 1. The van der Waals surface area contributed by atoms with Crippen molar-refractivity contribution >= 4 is 20.9 Å². The molecule has 0 atom stereocenters. The van der Waals surface area contributed by atoms with Crippen molar-refractivity contribution in [1.82, 2.24) is 0 Å². The van der Waals surface area contributed by atoms with Crippen LogP contribution in [-0.2, 0) is 4.74 Å². The fraction of sp³-hybridized carbons (Fsp3) is 1.00. The molecule has 0 aromatic rings. The Labute approximate surface area is 106 Å². The van der Waals surface area contributed by atoms with E-state index < -0.39 is 0 Å². The van der Waals surface area contributed by atoms with Crippen molar-refractivity contribution in [3.63, 3.8) is 0 Å². The zero-order valence-corrected chi connectivity index (χ0v) is 12.9. The number of hydrogen-bond donors (Lipinski definition) is 0. The van der Waals surface area contributed by atoms with Crippen molar-refractivity contribution in [2.75, 3.05) is 13.2 Å². The Bertz CT molecular complexity index is 85.2. The molecule has 1 nitrogen and oxygen atoms in total. The van der Waals surface area contributed by atoms with Crippen molar-refractivity contribution in [3.05, 3.63) is 0 Å². The molecule has 0 bridgehead atoms. The Kier molecular flexibility index (Phi) is 15.5. The molecule has 0 saturated carbocycles. The summed E-state index contributed by atoms with van der Waals surface area (Å²) in [5.74, 6) is 0. The zero-order chi connectivity index (χ0) is 11.2. The molecule has 1 fully saturated rings. The fourth-order valence-corrected chi connectivity index (χ4v) is 4.68. The molecule has 0 unspecified atom stereocenters. The molecule has 0 aliphatic carbocycles. The van der Waals surface area contributed by atoms with Crippen LogP contribution in [0.25, 0.3) is 0 Å². The zero-order valence-electron chi connectivity index (χ0n) is 10.6. The van der Waals surface area contributed by atoms with Crippen LogP contribution in [0.3, 0.4) is 0 Å². The van der Waals surface area contributed by atoms with Gasteiger partial charge >= 0.3 is 69.4 Å². The molecule has 0 N–H and O–H groups in total. The third-order valence-corrected chi connectivity index (χ3v) is 5.66. The molecule has 2 heteroatoms. The predicted octanol–water partition coefficient (Wildman–Crippen LogP) is 4.31. The Morgan fingerprint density at radius 1 is 0.867 bits per heavy atom. The minimum atomic E-state index is 0.458. The predicted molar refractivity (Wildman–Crippen MR) is 69.9 cm³/mol. The Morgan fingerprint density at radius 3 is 1.67 bits per heavy atom. The van der Waals surface area contributed by atoms with Crippen LogP contribution in [0.2, 0.25) is 8.94 Å². The van der Waals surface area contributed by atoms with Gasteiger partial charge in [-0.05, 0) is 19.3 Å². The second kappa shape index (κ2) is 14.7. The van der Waals surface area contributed by atoms with E-state index >= 15 is 0 Å². The molecule has 0 aromatic carbocycles. The summed E-state index contributed by atoms with van der Waals surface area (Å²) in [5, 5.41) is 0. The summed E-state index contributed by atoms with van der Waals surface area (Å²) in [5.41, 5.74) is 0. The van der Waals surface area contributed by atoms with E-state index in [-0.39, 0.29) is 0 Å². The van der Waals surface area contributed by atoms with Crippen LogP contribution in [0.4, 0.5) is 0 Å². The average Bonchev–Trinajstić information content (AvgIpc) is 2.32. The van der Waals surface area contributed by atoms with E-state index in [1.54, 1.807) is 8.94 Å². The monoisotopic (exact) mass is 330 g/mol. The molecule has 0 radical (unpaired) electrons. The van der Waals surface area contributed by atoms with Gasteiger partial charge in [0.25, 0.3) is 0 Å². The molecule has 1 saturated heterocycles. The van der Waals surface area contributed by atoms with Gasteiger partial charge in [0.05, 0.1) is 0 Å². The van der Waals surface area contributed by atoms with Gasteiger partial charge in [-0.1, -0.05) is 0 Å². The first kappa shape index (κ1) is 15.7. The number of unbranched alkanes of at least 4 members (excludes halogenated alkanes) is 2. The second-order valence-corrected chi connectivity index (χ2v) is 7.49. The number of rotatable bonds is 6. The van der Waals surface area contributed by atoms with E-state index in [9.17, 15) is 0 Å². The van der Waals surface area contributed by atoms with E-state index in [4.69, 9.17) is 4.74 Å². The van der Waals surface area contributed by atoms with Gasteiger partial charge in [0.2, 0.25) is 0 Å². The third-order valence-electron chi connectivity index (χ3n) is 2.36. The Balaban J connectivity index is 0.000000280. The second-order valence-electron chi connectivity index (χ2n) is 3.99. The van der Waals surface area contributed by atoms with Crippen molar-refractivity contribution in [2.45, 2.75) is 67.7 Å². The van der Waals surface area contributed by atoms with Gasteiger partial charge in [0.15, 0.2) is 0 Å². The van der Waals surface area contributed by atoms with Crippen LogP contribution < -0.4 is 0 Å². The molecule has 0 aromatic heterocycles. The van der Waals surface area contributed by atoms with Gasteiger partial charge in [-0.2, -0.15) is 0 Å². The quantitative estimate of drug-likeness (QED) is 0.521. The minimum absolute atomic E-state index is 0.458. The third kappa shape index (κ3) is 14.7. The summed E-state index contributed by atoms with van der Waals surface area (Å²) >= 11 is 0.458. The first-order valence-electron chi connectivity index (χ1n) is 6.57. The van der Waals surface area contributed by atoms with Gasteiger partial charge in [-0.15, -0.1) is 0 Å². The summed E-state index contributed by atoms with van der Waals surface area (Å²) in [4.78, 5) is 0. The van der Waals surface area contributed by atoms with Crippen molar-refractivity contribution in [2.24, 2.45) is 0 Å². The van der Waals surface area contributed by atoms with Crippen molar-refractivity contribution < 1.29 is 4.74 Å². The normalized spacial score (nSPS) is 15.6. The van der Waals surface area contributed by atoms with Gasteiger partial charge < -0.3 is 4.74 Å². The standard InChI is InChI=1S/C8H18Te.C5H10O/c1-3-5-7-9-8-6-4-2;1-2-4-6-5-3-1/h3-8H2,1-2H3;1-5H2. The molecule has 15 heavy (non-hydrogen) atoms. The molecular weight excluding hydrogens is 300 g/mol. The maximum atomic E-state index is 5.07. The summed E-state index contributed by atoms with van der Waals surface area (Å²) in [6, 6.07) is 0. The van der Waals surface area contributed by atoms with Gasteiger partial charge in [-0.25, -0.2) is 0 Å². The molecule has 1 aliphatic heterocycles.